The van der Waals surface area contributed by atoms with Crippen LogP contribution in [0.3, 0.4) is 0 Å². The van der Waals surface area contributed by atoms with Gasteiger partial charge >= 0.3 is 5.97 Å². The minimum absolute atomic E-state index is 0.0944. The molecule has 0 aromatic heterocycles. The van der Waals surface area contributed by atoms with Gasteiger partial charge in [-0.1, -0.05) is 25.1 Å². The molecule has 1 aromatic carbocycles. The average molecular weight is 369 g/mol. The second-order valence-corrected chi connectivity index (χ2v) is 6.66. The lowest BCUT2D eigenvalue weighted by Crippen LogP contribution is -2.35. The Hall–Kier alpha value is -2.56. The molecule has 144 valence electrons. The monoisotopic (exact) mass is 369 g/mol. The fourth-order valence-corrected chi connectivity index (χ4v) is 3.94. The Morgan fingerprint density at radius 3 is 2.63 bits per heavy atom. The van der Waals surface area contributed by atoms with Gasteiger partial charge in [-0.25, -0.2) is 4.79 Å². The number of ketones is 1. The van der Waals surface area contributed by atoms with Crippen LogP contribution in [0, 0.1) is 0 Å². The zero-order valence-corrected chi connectivity index (χ0v) is 16.3. The third kappa shape index (κ3) is 3.64. The van der Waals surface area contributed by atoms with Crippen LogP contribution in [-0.4, -0.2) is 25.0 Å². The Morgan fingerprint density at radius 1 is 1.15 bits per heavy atom. The molecule has 0 saturated heterocycles. The number of esters is 1. The molecule has 1 aromatic rings. The molecule has 3 rings (SSSR count). The van der Waals surface area contributed by atoms with E-state index >= 15 is 0 Å². The summed E-state index contributed by atoms with van der Waals surface area (Å²) in [4.78, 5) is 25.8. The first kappa shape index (κ1) is 19.2. The molecule has 1 heterocycles. The van der Waals surface area contributed by atoms with Gasteiger partial charge in [-0.15, -0.1) is 0 Å². The summed E-state index contributed by atoms with van der Waals surface area (Å²) in [6.45, 7) is 6.53. The maximum Gasteiger partial charge on any atom is 0.336 e. The van der Waals surface area contributed by atoms with E-state index in [9.17, 15) is 9.59 Å². The van der Waals surface area contributed by atoms with E-state index in [-0.39, 0.29) is 11.8 Å². The summed E-state index contributed by atoms with van der Waals surface area (Å²) in [5.41, 5.74) is 3.83. The van der Waals surface area contributed by atoms with Crippen molar-refractivity contribution < 1.29 is 19.1 Å². The smallest absolute Gasteiger partial charge is 0.336 e. The zero-order valence-electron chi connectivity index (χ0n) is 16.3. The molecule has 1 atom stereocenters. The molecule has 1 aliphatic heterocycles. The van der Waals surface area contributed by atoms with Gasteiger partial charge in [0.2, 0.25) is 0 Å². The summed E-state index contributed by atoms with van der Waals surface area (Å²) in [5.74, 6) is -0.0275. The molecular weight excluding hydrogens is 342 g/mol. The zero-order chi connectivity index (χ0) is 19.4. The van der Waals surface area contributed by atoms with Crippen molar-refractivity contribution in [3.05, 3.63) is 52.4 Å². The van der Waals surface area contributed by atoms with Crippen molar-refractivity contribution in [1.29, 1.82) is 0 Å². The first-order valence-electron chi connectivity index (χ1n) is 9.77. The lowest BCUT2D eigenvalue weighted by Gasteiger charge is -2.35. The van der Waals surface area contributed by atoms with E-state index in [1.807, 2.05) is 38.1 Å². The third-order valence-corrected chi connectivity index (χ3v) is 5.04. The highest BCUT2D eigenvalue weighted by molar-refractivity contribution is 6.04. The summed E-state index contributed by atoms with van der Waals surface area (Å²) in [6.07, 6.45) is 2.81. The number of allylic oxidation sites excluding steroid dienone is 3. The van der Waals surface area contributed by atoms with E-state index in [0.717, 1.165) is 29.8 Å². The van der Waals surface area contributed by atoms with Crippen LogP contribution in [0.5, 0.6) is 5.75 Å². The molecular formula is C22H27NO4. The SMILES string of the molecule is CCOC(=O)C1=C(CC)NC2=C(C(=O)CCC2)[C@@H]1c1ccccc1OCC. The van der Waals surface area contributed by atoms with Crippen LogP contribution in [0.2, 0.25) is 0 Å². The third-order valence-electron chi connectivity index (χ3n) is 5.04. The molecule has 1 N–H and O–H groups in total. The average Bonchev–Trinajstić information content (AvgIpc) is 2.67. The molecule has 0 fully saturated rings. The largest absolute Gasteiger partial charge is 0.494 e. The van der Waals surface area contributed by atoms with Crippen LogP contribution in [-0.2, 0) is 14.3 Å². The van der Waals surface area contributed by atoms with Gasteiger partial charge in [0.1, 0.15) is 5.75 Å². The molecule has 1 aliphatic carbocycles. The predicted octanol–water partition coefficient (Wildman–Crippen LogP) is 4.01. The van der Waals surface area contributed by atoms with Crippen molar-refractivity contribution in [1.82, 2.24) is 5.32 Å². The van der Waals surface area contributed by atoms with Crippen LogP contribution in [0.15, 0.2) is 46.8 Å². The van der Waals surface area contributed by atoms with Crippen molar-refractivity contribution in [3.8, 4) is 5.75 Å². The highest BCUT2D eigenvalue weighted by atomic mass is 16.5. The van der Waals surface area contributed by atoms with Crippen molar-refractivity contribution in [3.63, 3.8) is 0 Å². The van der Waals surface area contributed by atoms with Gasteiger partial charge < -0.3 is 14.8 Å². The van der Waals surface area contributed by atoms with E-state index < -0.39 is 5.92 Å². The van der Waals surface area contributed by atoms with E-state index in [1.165, 1.54) is 0 Å². The van der Waals surface area contributed by atoms with E-state index in [4.69, 9.17) is 9.47 Å². The van der Waals surface area contributed by atoms with Crippen LogP contribution >= 0.6 is 0 Å². The van der Waals surface area contributed by atoms with Crippen LogP contribution in [0.1, 0.15) is 57.9 Å². The highest BCUT2D eigenvalue weighted by Gasteiger charge is 2.40. The Morgan fingerprint density at radius 2 is 1.93 bits per heavy atom. The molecule has 27 heavy (non-hydrogen) atoms. The lowest BCUT2D eigenvalue weighted by molar-refractivity contribution is -0.138. The molecule has 0 saturated carbocycles. The van der Waals surface area contributed by atoms with Crippen molar-refractivity contribution in [2.24, 2.45) is 0 Å². The van der Waals surface area contributed by atoms with Crippen LogP contribution in [0.25, 0.3) is 0 Å². The second kappa shape index (κ2) is 8.42. The number of dihydropyridines is 1. The molecule has 5 nitrogen and oxygen atoms in total. The van der Waals surface area contributed by atoms with Gasteiger partial charge in [-0.05, 0) is 39.2 Å². The Labute approximate surface area is 160 Å². The van der Waals surface area contributed by atoms with Crippen molar-refractivity contribution in [2.75, 3.05) is 13.2 Å². The predicted molar refractivity (Wildman–Crippen MR) is 103 cm³/mol. The minimum Gasteiger partial charge on any atom is -0.494 e. The van der Waals surface area contributed by atoms with Crippen molar-refractivity contribution in [2.45, 2.75) is 52.4 Å². The number of carbonyl (C=O) groups excluding carboxylic acids is 2. The Balaban J connectivity index is 2.22. The topological polar surface area (TPSA) is 64.6 Å². The molecule has 5 heteroatoms. The van der Waals surface area contributed by atoms with Crippen LogP contribution < -0.4 is 10.1 Å². The summed E-state index contributed by atoms with van der Waals surface area (Å²) in [5, 5.41) is 3.37. The molecule has 0 bridgehead atoms. The standard InChI is InChI=1S/C22H27NO4/c1-4-15-21(22(25)27-6-3)19(14-10-7-8-13-18(14)26-5-2)20-16(23-15)11-9-12-17(20)24/h7-8,10,13,19,23H,4-6,9,11-12H2,1-3H3/t19-/m0/s1. The van der Waals surface area contributed by atoms with E-state index in [1.54, 1.807) is 6.92 Å². The maximum absolute atomic E-state index is 12.9. The van der Waals surface area contributed by atoms with Gasteiger partial charge in [0.05, 0.1) is 24.7 Å². The first-order chi connectivity index (χ1) is 13.1. The Bertz CT molecular complexity index is 806. The summed E-state index contributed by atoms with van der Waals surface area (Å²) < 4.78 is 11.2. The number of benzene rings is 1. The van der Waals surface area contributed by atoms with Gasteiger partial charge in [0.25, 0.3) is 0 Å². The van der Waals surface area contributed by atoms with Gasteiger partial charge in [-0.2, -0.15) is 0 Å². The highest BCUT2D eigenvalue weighted by Crippen LogP contribution is 2.45. The second-order valence-electron chi connectivity index (χ2n) is 6.66. The van der Waals surface area contributed by atoms with Gasteiger partial charge in [0.15, 0.2) is 5.78 Å². The number of hydrogen-bond donors (Lipinski definition) is 1. The number of ether oxygens (including phenoxy) is 2. The lowest BCUT2D eigenvalue weighted by atomic mass is 9.74. The summed E-state index contributed by atoms with van der Waals surface area (Å²) in [6, 6.07) is 7.66. The van der Waals surface area contributed by atoms with Crippen molar-refractivity contribution >= 4 is 11.8 Å². The Kier molecular flexibility index (Phi) is 5.99. The molecule has 0 spiro atoms. The molecule has 0 radical (unpaired) electrons. The quantitative estimate of drug-likeness (QED) is 0.768. The maximum atomic E-state index is 12.9. The van der Waals surface area contributed by atoms with Gasteiger partial charge in [-0.3, -0.25) is 4.79 Å². The number of hydrogen-bond acceptors (Lipinski definition) is 5. The number of carbonyl (C=O) groups is 2. The number of para-hydroxylation sites is 1. The van der Waals surface area contributed by atoms with E-state index in [0.29, 0.717) is 43.0 Å². The van der Waals surface area contributed by atoms with Gasteiger partial charge in [0, 0.05) is 29.0 Å². The number of Topliss-reactive ketones (excluding diaryl/α,β-unsaturated/α-hetero) is 1. The fourth-order valence-electron chi connectivity index (χ4n) is 3.94. The molecule has 2 aliphatic rings. The number of nitrogens with one attached hydrogen (secondary N) is 1. The minimum atomic E-state index is -0.453. The molecule has 0 unspecified atom stereocenters. The fraction of sp³-hybridized carbons (Fsp3) is 0.455. The summed E-state index contributed by atoms with van der Waals surface area (Å²) in [7, 11) is 0. The normalized spacial score (nSPS) is 19.5. The van der Waals surface area contributed by atoms with Crippen LogP contribution in [0.4, 0.5) is 0 Å². The summed E-state index contributed by atoms with van der Waals surface area (Å²) >= 11 is 0. The first-order valence-corrected chi connectivity index (χ1v) is 9.77. The molecule has 0 amide bonds. The number of rotatable bonds is 6. The van der Waals surface area contributed by atoms with E-state index in [2.05, 4.69) is 5.32 Å².